The summed E-state index contributed by atoms with van der Waals surface area (Å²) >= 11 is 0. The van der Waals surface area contributed by atoms with Crippen molar-refractivity contribution in [3.8, 4) is 6.07 Å². The minimum absolute atomic E-state index is 0.203. The first-order valence-electron chi connectivity index (χ1n) is 6.81. The third-order valence-electron chi connectivity index (χ3n) is 3.79. The highest BCUT2D eigenvalue weighted by molar-refractivity contribution is 5.28. The van der Waals surface area contributed by atoms with Crippen LogP contribution in [0.15, 0.2) is 24.3 Å². The van der Waals surface area contributed by atoms with E-state index in [0.717, 1.165) is 26.1 Å². The Hall–Kier alpha value is -1.33. The lowest BCUT2D eigenvalue weighted by molar-refractivity contribution is 0.237. The zero-order chi connectivity index (χ0) is 13.0. The van der Waals surface area contributed by atoms with Gasteiger partial charge in [0.25, 0.3) is 0 Å². The van der Waals surface area contributed by atoms with E-state index in [-0.39, 0.29) is 5.41 Å². The summed E-state index contributed by atoms with van der Waals surface area (Å²) in [5, 5.41) is 9.07. The summed E-state index contributed by atoms with van der Waals surface area (Å²) in [4.78, 5) is 2.49. The fraction of sp³-hybridized carbons (Fsp3) is 0.562. The first-order chi connectivity index (χ1) is 8.61. The lowest BCUT2D eigenvalue weighted by Crippen LogP contribution is -2.27. The number of nitrogens with zero attached hydrogens (tertiary/aromatic N) is 2. The summed E-state index contributed by atoms with van der Waals surface area (Å²) in [6.07, 6.45) is 3.37. The molecule has 0 radical (unpaired) electrons. The molecule has 1 aromatic carbocycles. The average molecular weight is 242 g/mol. The van der Waals surface area contributed by atoms with Gasteiger partial charge in [0, 0.05) is 6.54 Å². The van der Waals surface area contributed by atoms with E-state index in [0.29, 0.717) is 0 Å². The first-order valence-corrected chi connectivity index (χ1v) is 6.81. The van der Waals surface area contributed by atoms with Crippen LogP contribution >= 0.6 is 0 Å². The Morgan fingerprint density at radius 1 is 1.28 bits per heavy atom. The molecule has 0 fully saturated rings. The van der Waals surface area contributed by atoms with Crippen molar-refractivity contribution in [2.75, 3.05) is 13.1 Å². The second kappa shape index (κ2) is 5.54. The minimum Gasteiger partial charge on any atom is -0.299 e. The number of fused-ring (bicyclic) bond motifs is 1. The average Bonchev–Trinajstić information content (AvgIpc) is 2.58. The summed E-state index contributed by atoms with van der Waals surface area (Å²) < 4.78 is 0. The monoisotopic (exact) mass is 242 g/mol. The highest BCUT2D eigenvalue weighted by Crippen LogP contribution is 2.22. The Morgan fingerprint density at radius 3 is 2.72 bits per heavy atom. The van der Waals surface area contributed by atoms with Crippen LogP contribution < -0.4 is 0 Å². The highest BCUT2D eigenvalue weighted by atomic mass is 15.1. The van der Waals surface area contributed by atoms with Crippen molar-refractivity contribution in [2.45, 2.75) is 39.7 Å². The largest absolute Gasteiger partial charge is 0.299 e. The molecule has 2 heteroatoms. The van der Waals surface area contributed by atoms with E-state index in [1.54, 1.807) is 0 Å². The van der Waals surface area contributed by atoms with Gasteiger partial charge < -0.3 is 0 Å². The number of rotatable bonds is 3. The normalized spacial score (nSPS) is 16.7. The Balaban J connectivity index is 1.98. The molecule has 18 heavy (non-hydrogen) atoms. The van der Waals surface area contributed by atoms with Gasteiger partial charge in [-0.15, -0.1) is 0 Å². The maximum Gasteiger partial charge on any atom is 0.0684 e. The van der Waals surface area contributed by atoms with E-state index in [2.05, 4.69) is 35.2 Å². The highest BCUT2D eigenvalue weighted by Gasteiger charge is 2.20. The Labute approximate surface area is 110 Å². The van der Waals surface area contributed by atoms with Gasteiger partial charge in [0.15, 0.2) is 0 Å². The number of aryl methyl sites for hydroxylation is 1. The van der Waals surface area contributed by atoms with Crippen LogP contribution in [-0.4, -0.2) is 18.0 Å². The zero-order valence-corrected chi connectivity index (χ0v) is 11.4. The molecule has 1 aliphatic heterocycles. The molecule has 0 atom stereocenters. The van der Waals surface area contributed by atoms with E-state index < -0.39 is 0 Å². The standard InChI is InChI=1S/C16H22N2/c1-16(2,13-17)9-11-18-10-5-8-14-6-3-4-7-15(14)12-18/h3-4,6-7H,5,8-12H2,1-2H3. The van der Waals surface area contributed by atoms with Crippen LogP contribution in [0.4, 0.5) is 0 Å². The lowest BCUT2D eigenvalue weighted by atomic mass is 9.91. The third-order valence-corrected chi connectivity index (χ3v) is 3.79. The van der Waals surface area contributed by atoms with E-state index in [1.807, 2.05) is 13.8 Å². The van der Waals surface area contributed by atoms with Gasteiger partial charge in [0.05, 0.1) is 11.5 Å². The van der Waals surface area contributed by atoms with Crippen molar-refractivity contribution in [3.63, 3.8) is 0 Å². The van der Waals surface area contributed by atoms with Crippen LogP contribution in [0.3, 0.4) is 0 Å². The van der Waals surface area contributed by atoms with Crippen molar-refractivity contribution >= 4 is 0 Å². The van der Waals surface area contributed by atoms with Gasteiger partial charge >= 0.3 is 0 Å². The summed E-state index contributed by atoms with van der Waals surface area (Å²) in [5.41, 5.74) is 2.76. The molecule has 96 valence electrons. The van der Waals surface area contributed by atoms with Crippen molar-refractivity contribution in [3.05, 3.63) is 35.4 Å². The summed E-state index contributed by atoms with van der Waals surface area (Å²) in [7, 11) is 0. The van der Waals surface area contributed by atoms with E-state index in [1.165, 1.54) is 24.0 Å². The number of hydrogen-bond acceptors (Lipinski definition) is 2. The molecule has 0 aromatic heterocycles. The van der Waals surface area contributed by atoms with E-state index in [9.17, 15) is 0 Å². The summed E-state index contributed by atoms with van der Waals surface area (Å²) in [6.45, 7) is 7.26. The molecule has 1 aliphatic rings. The van der Waals surface area contributed by atoms with E-state index >= 15 is 0 Å². The number of hydrogen-bond donors (Lipinski definition) is 0. The van der Waals surface area contributed by atoms with Gasteiger partial charge in [0.2, 0.25) is 0 Å². The second-order valence-electron chi connectivity index (χ2n) is 5.89. The van der Waals surface area contributed by atoms with Crippen molar-refractivity contribution in [1.82, 2.24) is 4.90 Å². The minimum atomic E-state index is -0.203. The molecule has 1 heterocycles. The fourth-order valence-corrected chi connectivity index (χ4v) is 2.45. The van der Waals surface area contributed by atoms with E-state index in [4.69, 9.17) is 5.26 Å². The van der Waals surface area contributed by atoms with Crippen LogP contribution in [0, 0.1) is 16.7 Å². The second-order valence-corrected chi connectivity index (χ2v) is 5.89. The van der Waals surface area contributed by atoms with Crippen LogP contribution in [0.2, 0.25) is 0 Å². The molecule has 2 nitrogen and oxygen atoms in total. The van der Waals surface area contributed by atoms with Gasteiger partial charge in [-0.25, -0.2) is 0 Å². The number of benzene rings is 1. The molecule has 2 rings (SSSR count). The smallest absolute Gasteiger partial charge is 0.0684 e. The van der Waals surface area contributed by atoms with Crippen molar-refractivity contribution in [2.24, 2.45) is 5.41 Å². The predicted octanol–water partition coefficient (Wildman–Crippen LogP) is 3.37. The summed E-state index contributed by atoms with van der Waals surface area (Å²) in [6, 6.07) is 11.1. The molecular weight excluding hydrogens is 220 g/mol. The molecular formula is C16H22N2. The molecule has 0 amide bonds. The maximum atomic E-state index is 9.07. The molecule has 0 saturated carbocycles. The van der Waals surface area contributed by atoms with Crippen molar-refractivity contribution < 1.29 is 0 Å². The lowest BCUT2D eigenvalue weighted by Gasteiger charge is -2.24. The SMILES string of the molecule is CC(C)(C#N)CCN1CCCc2ccccc2C1. The molecule has 0 unspecified atom stereocenters. The van der Waals surface area contributed by atoms with Crippen LogP contribution in [0.5, 0.6) is 0 Å². The van der Waals surface area contributed by atoms with Crippen LogP contribution in [-0.2, 0) is 13.0 Å². The van der Waals surface area contributed by atoms with Crippen LogP contribution in [0.1, 0.15) is 37.8 Å². The quantitative estimate of drug-likeness (QED) is 0.812. The van der Waals surface area contributed by atoms with Gasteiger partial charge in [-0.1, -0.05) is 24.3 Å². The van der Waals surface area contributed by atoms with Crippen LogP contribution in [0.25, 0.3) is 0 Å². The molecule has 0 N–H and O–H groups in total. The van der Waals surface area contributed by atoms with Gasteiger partial charge in [-0.2, -0.15) is 5.26 Å². The molecule has 0 bridgehead atoms. The van der Waals surface area contributed by atoms with Gasteiger partial charge in [0.1, 0.15) is 0 Å². The summed E-state index contributed by atoms with van der Waals surface area (Å²) in [5.74, 6) is 0. The topological polar surface area (TPSA) is 27.0 Å². The Morgan fingerprint density at radius 2 is 2.00 bits per heavy atom. The molecule has 1 aromatic rings. The van der Waals surface area contributed by atoms with Gasteiger partial charge in [-0.3, -0.25) is 4.90 Å². The Bertz CT molecular complexity index is 443. The predicted molar refractivity (Wildman–Crippen MR) is 74.1 cm³/mol. The molecule has 0 spiro atoms. The van der Waals surface area contributed by atoms with Gasteiger partial charge in [-0.05, 0) is 57.3 Å². The maximum absolute atomic E-state index is 9.07. The van der Waals surface area contributed by atoms with Crippen molar-refractivity contribution in [1.29, 1.82) is 5.26 Å². The zero-order valence-electron chi connectivity index (χ0n) is 11.4. The third kappa shape index (κ3) is 3.34. The first kappa shape index (κ1) is 13.1. The Kier molecular flexibility index (Phi) is 4.04. The molecule has 0 aliphatic carbocycles. The number of nitriles is 1. The fourth-order valence-electron chi connectivity index (χ4n) is 2.45. The molecule has 0 saturated heterocycles.